The number of hydrogen-bond acceptors (Lipinski definition) is 2. The minimum atomic E-state index is 0.576. The summed E-state index contributed by atoms with van der Waals surface area (Å²) >= 11 is 0. The quantitative estimate of drug-likeness (QED) is 0.732. The number of rotatable bonds is 5. The van der Waals surface area contributed by atoms with E-state index in [0.717, 1.165) is 12.2 Å². The monoisotopic (exact) mass is 167 g/mol. The lowest BCUT2D eigenvalue weighted by molar-refractivity contribution is 0.545. The highest BCUT2D eigenvalue weighted by molar-refractivity contribution is 4.91. The van der Waals surface area contributed by atoms with Gasteiger partial charge in [-0.3, -0.25) is 0 Å². The Morgan fingerprint density at radius 2 is 2.33 bits per heavy atom. The Morgan fingerprint density at radius 3 is 2.83 bits per heavy atom. The van der Waals surface area contributed by atoms with Crippen LogP contribution >= 0.6 is 0 Å². The van der Waals surface area contributed by atoms with Crippen molar-refractivity contribution in [3.8, 4) is 0 Å². The zero-order chi connectivity index (χ0) is 8.81. The zero-order valence-corrected chi connectivity index (χ0v) is 7.88. The fourth-order valence-electron chi connectivity index (χ4n) is 1.40. The number of aromatic nitrogens is 3. The molecule has 12 heavy (non-hydrogen) atoms. The molecule has 0 amide bonds. The van der Waals surface area contributed by atoms with Gasteiger partial charge in [-0.1, -0.05) is 26.7 Å². The summed E-state index contributed by atoms with van der Waals surface area (Å²) < 4.78 is 0. The van der Waals surface area contributed by atoms with E-state index in [1.165, 1.54) is 19.3 Å². The van der Waals surface area contributed by atoms with E-state index in [2.05, 4.69) is 29.0 Å². The summed E-state index contributed by atoms with van der Waals surface area (Å²) in [5.74, 6) is 1.62. The lowest BCUT2D eigenvalue weighted by Crippen LogP contribution is -1.99. The molecule has 1 aromatic heterocycles. The molecule has 0 saturated heterocycles. The molecule has 68 valence electrons. The highest BCUT2D eigenvalue weighted by atomic mass is 15.2. The Bertz CT molecular complexity index is 194. The minimum Gasteiger partial charge on any atom is -0.331 e. The van der Waals surface area contributed by atoms with Gasteiger partial charge in [0.25, 0.3) is 0 Å². The molecule has 0 aliphatic rings. The van der Waals surface area contributed by atoms with Gasteiger partial charge in [0.2, 0.25) is 0 Å². The molecule has 0 spiro atoms. The molecule has 0 fully saturated rings. The van der Waals surface area contributed by atoms with Crippen molar-refractivity contribution in [1.82, 2.24) is 15.2 Å². The van der Waals surface area contributed by atoms with Crippen LogP contribution in [0, 0.1) is 0 Å². The summed E-state index contributed by atoms with van der Waals surface area (Å²) in [6, 6.07) is 0. The van der Waals surface area contributed by atoms with Gasteiger partial charge in [0, 0.05) is 5.92 Å². The molecule has 1 unspecified atom stereocenters. The van der Waals surface area contributed by atoms with Crippen molar-refractivity contribution >= 4 is 0 Å². The number of unbranched alkanes of at least 4 members (excludes halogenated alkanes) is 1. The van der Waals surface area contributed by atoms with Gasteiger partial charge in [0.15, 0.2) is 0 Å². The van der Waals surface area contributed by atoms with Gasteiger partial charge in [-0.25, -0.2) is 0 Å². The van der Waals surface area contributed by atoms with Crippen LogP contribution in [0.3, 0.4) is 0 Å². The van der Waals surface area contributed by atoms with Crippen molar-refractivity contribution < 1.29 is 0 Å². The summed E-state index contributed by atoms with van der Waals surface area (Å²) in [4.78, 5) is 3.07. The molecule has 1 N–H and O–H groups in total. The third-order valence-corrected chi connectivity index (χ3v) is 2.22. The van der Waals surface area contributed by atoms with Crippen LogP contribution in [-0.4, -0.2) is 15.2 Å². The van der Waals surface area contributed by atoms with E-state index in [9.17, 15) is 0 Å². The smallest absolute Gasteiger partial charge is 0.133 e. The number of hydrogen-bond donors (Lipinski definition) is 1. The maximum absolute atomic E-state index is 4.03. The number of H-pyrrole nitrogens is 1. The Morgan fingerprint density at radius 1 is 1.50 bits per heavy atom. The van der Waals surface area contributed by atoms with Crippen LogP contribution in [0.2, 0.25) is 0 Å². The minimum absolute atomic E-state index is 0.576. The fourth-order valence-corrected chi connectivity index (χ4v) is 1.40. The highest BCUT2D eigenvalue weighted by Gasteiger charge is 2.10. The third-order valence-electron chi connectivity index (χ3n) is 2.22. The van der Waals surface area contributed by atoms with Gasteiger partial charge < -0.3 is 4.98 Å². The molecular weight excluding hydrogens is 150 g/mol. The molecule has 0 aliphatic carbocycles. The van der Waals surface area contributed by atoms with E-state index in [1.807, 2.05) is 0 Å². The molecule has 1 rings (SSSR count). The highest BCUT2D eigenvalue weighted by Crippen LogP contribution is 2.21. The first-order valence-electron chi connectivity index (χ1n) is 4.74. The molecule has 0 aromatic carbocycles. The molecule has 3 nitrogen and oxygen atoms in total. The van der Waals surface area contributed by atoms with Gasteiger partial charge >= 0.3 is 0 Å². The van der Waals surface area contributed by atoms with Crippen molar-refractivity contribution in [1.29, 1.82) is 0 Å². The van der Waals surface area contributed by atoms with E-state index in [-0.39, 0.29) is 0 Å². The normalized spacial score (nSPS) is 13.2. The predicted octanol–water partition coefficient (Wildman–Crippen LogP) is 2.49. The van der Waals surface area contributed by atoms with Gasteiger partial charge in [0.05, 0.1) is 0 Å². The predicted molar refractivity (Wildman–Crippen MR) is 48.9 cm³/mol. The number of aromatic amines is 1. The first kappa shape index (κ1) is 9.23. The van der Waals surface area contributed by atoms with Crippen LogP contribution in [0.4, 0.5) is 0 Å². The zero-order valence-electron chi connectivity index (χ0n) is 7.88. The fraction of sp³-hybridized carbons (Fsp3) is 0.778. The van der Waals surface area contributed by atoms with E-state index < -0.39 is 0 Å². The second kappa shape index (κ2) is 4.91. The molecule has 0 bridgehead atoms. The largest absolute Gasteiger partial charge is 0.331 e. The molecule has 0 aliphatic heterocycles. The second-order valence-corrected chi connectivity index (χ2v) is 3.12. The van der Waals surface area contributed by atoms with Gasteiger partial charge in [-0.05, 0) is 12.8 Å². The molecule has 3 heteroatoms. The average molecular weight is 167 g/mol. The summed E-state index contributed by atoms with van der Waals surface area (Å²) in [7, 11) is 0. The van der Waals surface area contributed by atoms with Crippen LogP contribution in [0.1, 0.15) is 51.3 Å². The molecular formula is C9H17N3. The maximum atomic E-state index is 4.03. The van der Waals surface area contributed by atoms with Crippen LogP contribution in [-0.2, 0) is 0 Å². The lowest BCUT2D eigenvalue weighted by Gasteiger charge is -2.09. The summed E-state index contributed by atoms with van der Waals surface area (Å²) in [6.45, 7) is 4.41. The SMILES string of the molecule is CCCCC(CC)c1nnc[nH]1. The van der Waals surface area contributed by atoms with Crippen LogP contribution in [0.15, 0.2) is 6.33 Å². The maximum Gasteiger partial charge on any atom is 0.133 e. The Hall–Kier alpha value is -0.860. The van der Waals surface area contributed by atoms with Gasteiger partial charge in [0.1, 0.15) is 12.2 Å². The van der Waals surface area contributed by atoms with Crippen molar-refractivity contribution in [2.75, 3.05) is 0 Å². The van der Waals surface area contributed by atoms with Crippen LogP contribution in [0.25, 0.3) is 0 Å². The van der Waals surface area contributed by atoms with Crippen molar-refractivity contribution in [3.05, 3.63) is 12.2 Å². The number of nitrogens with zero attached hydrogens (tertiary/aromatic N) is 2. The van der Waals surface area contributed by atoms with Crippen molar-refractivity contribution in [2.45, 2.75) is 45.4 Å². The molecule has 1 atom stereocenters. The van der Waals surface area contributed by atoms with Crippen LogP contribution < -0.4 is 0 Å². The van der Waals surface area contributed by atoms with E-state index >= 15 is 0 Å². The molecule has 0 saturated carbocycles. The van der Waals surface area contributed by atoms with E-state index in [4.69, 9.17) is 0 Å². The molecule has 1 aromatic rings. The number of nitrogens with one attached hydrogen (secondary N) is 1. The Labute approximate surface area is 73.6 Å². The summed E-state index contributed by atoms with van der Waals surface area (Å²) in [5.41, 5.74) is 0. The van der Waals surface area contributed by atoms with Crippen LogP contribution in [0.5, 0.6) is 0 Å². The first-order chi connectivity index (χ1) is 5.88. The topological polar surface area (TPSA) is 41.6 Å². The van der Waals surface area contributed by atoms with Gasteiger partial charge in [-0.2, -0.15) is 0 Å². The standard InChI is InChI=1S/C9H17N3/c1-3-5-6-8(4-2)9-10-7-11-12-9/h7-8H,3-6H2,1-2H3,(H,10,11,12). The Balaban J connectivity index is 2.45. The van der Waals surface area contributed by atoms with E-state index in [1.54, 1.807) is 6.33 Å². The van der Waals surface area contributed by atoms with E-state index in [0.29, 0.717) is 5.92 Å². The van der Waals surface area contributed by atoms with Gasteiger partial charge in [-0.15, -0.1) is 10.2 Å². The Kier molecular flexibility index (Phi) is 3.77. The van der Waals surface area contributed by atoms with Crippen molar-refractivity contribution in [3.63, 3.8) is 0 Å². The van der Waals surface area contributed by atoms with Crippen molar-refractivity contribution in [2.24, 2.45) is 0 Å². The third kappa shape index (κ3) is 2.32. The first-order valence-corrected chi connectivity index (χ1v) is 4.74. The molecule has 0 radical (unpaired) electrons. The second-order valence-electron chi connectivity index (χ2n) is 3.12. The lowest BCUT2D eigenvalue weighted by atomic mass is 9.99. The molecule has 1 heterocycles. The average Bonchev–Trinajstić information content (AvgIpc) is 2.59. The summed E-state index contributed by atoms with van der Waals surface area (Å²) in [6.07, 6.45) is 6.56. The summed E-state index contributed by atoms with van der Waals surface area (Å²) in [5, 5.41) is 7.83.